The van der Waals surface area contributed by atoms with Gasteiger partial charge in [0.25, 0.3) is 0 Å². The molecule has 3 rings (SSSR count). The molecule has 0 aromatic heterocycles. The van der Waals surface area contributed by atoms with E-state index in [0.29, 0.717) is 23.7 Å². The Balaban J connectivity index is 1.67. The number of para-hydroxylation sites is 2. The van der Waals surface area contributed by atoms with E-state index in [2.05, 4.69) is 24.5 Å². The molecular formula is C25H26N2O4. The minimum atomic E-state index is -0.777. The normalized spacial score (nSPS) is 10.9. The van der Waals surface area contributed by atoms with Crippen molar-refractivity contribution in [3.05, 3.63) is 83.9 Å². The molecule has 0 aliphatic carbocycles. The van der Waals surface area contributed by atoms with E-state index >= 15 is 0 Å². The third-order valence-corrected chi connectivity index (χ3v) is 5.09. The third-order valence-electron chi connectivity index (χ3n) is 5.09. The van der Waals surface area contributed by atoms with Gasteiger partial charge in [0.05, 0.1) is 12.3 Å². The molecule has 6 heteroatoms. The van der Waals surface area contributed by atoms with Crippen molar-refractivity contribution in [2.24, 2.45) is 0 Å². The first-order valence-corrected chi connectivity index (χ1v) is 10.1. The molecule has 0 bridgehead atoms. The quantitative estimate of drug-likeness (QED) is 0.507. The largest absolute Gasteiger partial charge is 0.508 e. The number of aromatic hydroxyl groups is 1. The van der Waals surface area contributed by atoms with Gasteiger partial charge in [-0.2, -0.15) is 0 Å². The molecule has 0 aliphatic heterocycles. The Hall–Kier alpha value is -3.80. The molecule has 0 saturated heterocycles. The van der Waals surface area contributed by atoms with Gasteiger partial charge in [-0.25, -0.2) is 0 Å². The number of anilines is 2. The van der Waals surface area contributed by atoms with Gasteiger partial charge < -0.3 is 20.5 Å². The molecule has 3 aromatic carbocycles. The lowest BCUT2D eigenvalue weighted by atomic mass is 9.78. The first-order chi connectivity index (χ1) is 14.8. The summed E-state index contributed by atoms with van der Waals surface area (Å²) in [5.74, 6) is -0.816. The van der Waals surface area contributed by atoms with Crippen LogP contribution in [0.3, 0.4) is 0 Å². The molecule has 0 heterocycles. The van der Waals surface area contributed by atoms with E-state index in [-0.39, 0.29) is 11.2 Å². The zero-order valence-corrected chi connectivity index (χ0v) is 17.8. The Labute approximate surface area is 181 Å². The van der Waals surface area contributed by atoms with Gasteiger partial charge in [0.2, 0.25) is 0 Å². The molecule has 31 heavy (non-hydrogen) atoms. The molecular weight excluding hydrogens is 392 g/mol. The van der Waals surface area contributed by atoms with Crippen LogP contribution in [0.1, 0.15) is 31.9 Å². The van der Waals surface area contributed by atoms with Crippen molar-refractivity contribution < 1.29 is 19.4 Å². The molecule has 0 atom stereocenters. The standard InChI is InChI=1S/C25H26N2O4/c1-4-31-22-8-6-5-7-21(22)27-24(30)23(29)26-19-13-9-17(10-14-19)25(2,3)18-11-15-20(28)16-12-18/h5-16,28H,4H2,1-3H3,(H,26,29)(H,27,30). The number of ether oxygens (including phenoxy) is 1. The zero-order chi connectivity index (χ0) is 22.4. The Kier molecular flexibility index (Phi) is 6.60. The lowest BCUT2D eigenvalue weighted by molar-refractivity contribution is -0.133. The van der Waals surface area contributed by atoms with Gasteiger partial charge in [0, 0.05) is 11.1 Å². The minimum Gasteiger partial charge on any atom is -0.508 e. The first kappa shape index (κ1) is 21.9. The van der Waals surface area contributed by atoms with Crippen LogP contribution in [0.15, 0.2) is 72.8 Å². The van der Waals surface area contributed by atoms with Crippen LogP contribution in [-0.4, -0.2) is 23.5 Å². The second-order valence-electron chi connectivity index (χ2n) is 7.59. The maximum atomic E-state index is 12.3. The summed E-state index contributed by atoms with van der Waals surface area (Å²) >= 11 is 0. The molecule has 0 radical (unpaired) electrons. The van der Waals surface area contributed by atoms with Crippen molar-refractivity contribution in [3.8, 4) is 11.5 Å². The Morgan fingerprint density at radius 2 is 1.39 bits per heavy atom. The SMILES string of the molecule is CCOc1ccccc1NC(=O)C(=O)Nc1ccc(C(C)(C)c2ccc(O)cc2)cc1. The summed E-state index contributed by atoms with van der Waals surface area (Å²) in [5, 5.41) is 14.7. The molecule has 0 spiro atoms. The highest BCUT2D eigenvalue weighted by Crippen LogP contribution is 2.33. The highest BCUT2D eigenvalue weighted by Gasteiger charge is 2.23. The summed E-state index contributed by atoms with van der Waals surface area (Å²) in [5.41, 5.74) is 2.75. The van der Waals surface area contributed by atoms with Crippen molar-refractivity contribution in [1.29, 1.82) is 0 Å². The second-order valence-corrected chi connectivity index (χ2v) is 7.59. The van der Waals surface area contributed by atoms with E-state index < -0.39 is 11.8 Å². The molecule has 2 amide bonds. The fourth-order valence-corrected chi connectivity index (χ4v) is 3.23. The van der Waals surface area contributed by atoms with Gasteiger partial charge in [0.1, 0.15) is 11.5 Å². The van der Waals surface area contributed by atoms with Crippen LogP contribution in [0, 0.1) is 0 Å². The fourth-order valence-electron chi connectivity index (χ4n) is 3.23. The summed E-state index contributed by atoms with van der Waals surface area (Å²) in [4.78, 5) is 24.6. The summed E-state index contributed by atoms with van der Waals surface area (Å²) in [7, 11) is 0. The zero-order valence-electron chi connectivity index (χ0n) is 17.8. The molecule has 3 N–H and O–H groups in total. The van der Waals surface area contributed by atoms with E-state index in [1.165, 1.54) is 0 Å². The van der Waals surface area contributed by atoms with Gasteiger partial charge in [-0.05, 0) is 54.4 Å². The monoisotopic (exact) mass is 418 g/mol. The number of rotatable bonds is 6. The average molecular weight is 418 g/mol. The van der Waals surface area contributed by atoms with Crippen LogP contribution < -0.4 is 15.4 Å². The number of benzene rings is 3. The topological polar surface area (TPSA) is 87.7 Å². The summed E-state index contributed by atoms with van der Waals surface area (Å²) in [6, 6.07) is 21.4. The molecule has 0 aliphatic rings. The average Bonchev–Trinajstić information content (AvgIpc) is 2.76. The maximum Gasteiger partial charge on any atom is 0.314 e. The van der Waals surface area contributed by atoms with Crippen molar-refractivity contribution in [3.63, 3.8) is 0 Å². The number of amides is 2. The first-order valence-electron chi connectivity index (χ1n) is 10.1. The van der Waals surface area contributed by atoms with Gasteiger partial charge >= 0.3 is 11.8 Å². The van der Waals surface area contributed by atoms with Gasteiger partial charge in [-0.3, -0.25) is 9.59 Å². The molecule has 0 fully saturated rings. The lowest BCUT2D eigenvalue weighted by Gasteiger charge is -2.26. The van der Waals surface area contributed by atoms with E-state index in [4.69, 9.17) is 4.74 Å². The molecule has 6 nitrogen and oxygen atoms in total. The third kappa shape index (κ3) is 5.22. The molecule has 0 unspecified atom stereocenters. The van der Waals surface area contributed by atoms with E-state index in [0.717, 1.165) is 11.1 Å². The van der Waals surface area contributed by atoms with Gasteiger partial charge in [-0.1, -0.05) is 50.2 Å². The fraction of sp³-hybridized carbons (Fsp3) is 0.200. The van der Waals surface area contributed by atoms with Crippen molar-refractivity contribution >= 4 is 23.2 Å². The highest BCUT2D eigenvalue weighted by atomic mass is 16.5. The van der Waals surface area contributed by atoms with Gasteiger partial charge in [-0.15, -0.1) is 0 Å². The Morgan fingerprint density at radius 1 is 0.839 bits per heavy atom. The molecule has 160 valence electrons. The highest BCUT2D eigenvalue weighted by molar-refractivity contribution is 6.43. The van der Waals surface area contributed by atoms with Crippen LogP contribution >= 0.6 is 0 Å². The number of nitrogens with one attached hydrogen (secondary N) is 2. The van der Waals surface area contributed by atoms with Crippen LogP contribution in [0.5, 0.6) is 11.5 Å². The number of hydrogen-bond donors (Lipinski definition) is 3. The molecule has 0 saturated carbocycles. The van der Waals surface area contributed by atoms with Crippen molar-refractivity contribution in [1.82, 2.24) is 0 Å². The van der Waals surface area contributed by atoms with Crippen LogP contribution in [0.4, 0.5) is 11.4 Å². The second kappa shape index (κ2) is 9.34. The number of carbonyl (C=O) groups is 2. The number of phenols is 1. The summed E-state index contributed by atoms with van der Waals surface area (Å²) in [6.07, 6.45) is 0. The molecule has 3 aromatic rings. The smallest absolute Gasteiger partial charge is 0.314 e. The minimum absolute atomic E-state index is 0.222. The summed E-state index contributed by atoms with van der Waals surface area (Å²) < 4.78 is 5.46. The van der Waals surface area contributed by atoms with Crippen LogP contribution in [0.25, 0.3) is 0 Å². The van der Waals surface area contributed by atoms with Crippen molar-refractivity contribution in [2.45, 2.75) is 26.2 Å². The van der Waals surface area contributed by atoms with Crippen LogP contribution in [0.2, 0.25) is 0 Å². The summed E-state index contributed by atoms with van der Waals surface area (Å²) in [6.45, 7) is 6.45. The van der Waals surface area contributed by atoms with Crippen LogP contribution in [-0.2, 0) is 15.0 Å². The predicted molar refractivity (Wildman–Crippen MR) is 122 cm³/mol. The van der Waals surface area contributed by atoms with E-state index in [1.54, 1.807) is 48.5 Å². The number of carbonyl (C=O) groups excluding carboxylic acids is 2. The number of phenolic OH excluding ortho intramolecular Hbond substituents is 1. The van der Waals surface area contributed by atoms with E-state index in [1.807, 2.05) is 31.2 Å². The predicted octanol–water partition coefficient (Wildman–Crippen LogP) is 4.69. The van der Waals surface area contributed by atoms with Gasteiger partial charge in [0.15, 0.2) is 0 Å². The lowest BCUT2D eigenvalue weighted by Crippen LogP contribution is -2.29. The number of hydrogen-bond acceptors (Lipinski definition) is 4. The Bertz CT molecular complexity index is 1060. The van der Waals surface area contributed by atoms with E-state index in [9.17, 15) is 14.7 Å². The Morgan fingerprint density at radius 3 is 2.00 bits per heavy atom. The van der Waals surface area contributed by atoms with Crippen molar-refractivity contribution in [2.75, 3.05) is 17.2 Å². The maximum absolute atomic E-state index is 12.3.